The minimum absolute atomic E-state index is 0.00415. The normalized spacial score (nSPS) is 12.4. The van der Waals surface area contributed by atoms with Crippen LogP contribution in [-0.4, -0.2) is 218 Å². The maximum Gasteiger partial charge on any atom is 0.446 e. The Morgan fingerprint density at radius 2 is 0.636 bits per heavy atom. The van der Waals surface area contributed by atoms with Gasteiger partial charge in [-0.1, -0.05) is 71.9 Å². The average Bonchev–Trinajstić information content (AvgIpc) is 0.825. The first-order valence-electron chi connectivity index (χ1n) is 42.2. The Kier molecular flexibility index (Phi) is 58.5. The van der Waals surface area contributed by atoms with Gasteiger partial charge in [0.2, 0.25) is 6.29 Å². The van der Waals surface area contributed by atoms with E-state index < -0.39 is 60.2 Å². The Balaban J connectivity index is 0.00000211. The van der Waals surface area contributed by atoms with E-state index in [0.29, 0.717) is 128 Å². The van der Waals surface area contributed by atoms with Crippen LogP contribution in [0.3, 0.4) is 0 Å². The molecule has 0 aliphatic carbocycles. The van der Waals surface area contributed by atoms with Crippen molar-refractivity contribution >= 4 is 94.1 Å². The van der Waals surface area contributed by atoms with Crippen molar-refractivity contribution in [2.24, 2.45) is 88.4 Å². The maximum atomic E-state index is 14.2. The third-order valence-electron chi connectivity index (χ3n) is 18.8. The van der Waals surface area contributed by atoms with Crippen LogP contribution in [0.25, 0.3) is 0 Å². The zero-order valence-electron chi connectivity index (χ0n) is 77.1. The molecule has 23 N–H and O–H groups in total. The van der Waals surface area contributed by atoms with Gasteiger partial charge < -0.3 is 102 Å². The number of nitrogens with zero attached hydrogens (tertiary/aromatic N) is 5. The van der Waals surface area contributed by atoms with E-state index >= 15 is 0 Å². The van der Waals surface area contributed by atoms with Crippen molar-refractivity contribution in [3.8, 4) is 28.7 Å². The summed E-state index contributed by atoms with van der Waals surface area (Å²) in [6.07, 6.45) is -0.396. The fourth-order valence-electron chi connectivity index (χ4n) is 12.0. The molecule has 0 aromatic heterocycles. The van der Waals surface area contributed by atoms with Gasteiger partial charge in [-0.15, -0.1) is 0 Å². The first kappa shape index (κ1) is 116. The average molecular weight is 1810 g/mol. The number of guanidine groups is 1. The van der Waals surface area contributed by atoms with Crippen LogP contribution in [0.15, 0.2) is 116 Å². The number of carboxylic acid groups (broad SMARTS) is 1. The molecule has 0 aliphatic rings. The van der Waals surface area contributed by atoms with Gasteiger partial charge in [0.15, 0.2) is 23.3 Å². The Labute approximate surface area is 754 Å². The second-order valence-corrected chi connectivity index (χ2v) is 29.6. The van der Waals surface area contributed by atoms with Gasteiger partial charge in [0, 0.05) is 76.7 Å². The summed E-state index contributed by atoms with van der Waals surface area (Å²) in [6, 6.07) is 21.4. The third kappa shape index (κ3) is 49.8. The van der Waals surface area contributed by atoms with Crippen LogP contribution in [0.2, 0.25) is 0 Å². The molecule has 0 unspecified atom stereocenters. The summed E-state index contributed by atoms with van der Waals surface area (Å²) in [5, 5.41) is 21.1. The molecule has 38 heteroatoms. The largest absolute Gasteiger partial charge is 0.496 e. The number of carbonyl (C=O) groups excluding carboxylic acids is 10. The van der Waals surface area contributed by atoms with Crippen molar-refractivity contribution in [3.05, 3.63) is 147 Å². The van der Waals surface area contributed by atoms with Crippen LogP contribution >= 0.6 is 0 Å². The number of halogens is 3. The van der Waals surface area contributed by atoms with Crippen LogP contribution in [0.1, 0.15) is 213 Å². The lowest BCUT2D eigenvalue weighted by Crippen LogP contribution is -2.42. The Hall–Kier alpha value is -12.7. The Morgan fingerprint density at radius 3 is 0.891 bits per heavy atom. The highest BCUT2D eigenvalue weighted by Gasteiger charge is 2.29. The second kappa shape index (κ2) is 64.9. The third-order valence-corrected chi connectivity index (χ3v) is 18.8. The van der Waals surface area contributed by atoms with Gasteiger partial charge in [-0.25, -0.2) is 4.79 Å². The van der Waals surface area contributed by atoms with Crippen LogP contribution in [0, 0.1) is 11.8 Å². The number of amides is 4. The highest BCUT2D eigenvalue weighted by Crippen LogP contribution is 2.28. The zero-order valence-corrected chi connectivity index (χ0v) is 77.1. The number of benzene rings is 5. The molecule has 0 spiro atoms. The van der Waals surface area contributed by atoms with Crippen molar-refractivity contribution in [1.29, 1.82) is 0 Å². The van der Waals surface area contributed by atoms with Gasteiger partial charge in [0.05, 0.1) is 99.3 Å². The van der Waals surface area contributed by atoms with Crippen molar-refractivity contribution in [1.82, 2.24) is 21.3 Å². The summed E-state index contributed by atoms with van der Waals surface area (Å²) < 4.78 is 57.6. The predicted molar refractivity (Wildman–Crippen MR) is 497 cm³/mol. The standard InChI is InChI=1S/C49H67N9O9.C17H24N2O4.C15H23N5O3.2C4H11N.C2HF3O/c1-29(11-8-20-54-30(2)50)41(59)26-34-15-18-45(66-6)37(24-34)48(63)58-40(13-10-22-56-32(4)52)43(61)28-35-16-19-46(67-7)38(25-35)49(64)57-39(12-9-21-55-31(3)51)42(60)27-33-14-17-44(65-5)36(23-33)47(53)62;1-11(5-4-8-19-12(2)18)15(20)10-13-6-7-16(23-3)14(9-13)17(21)22;1-23-13-5-4-9(7-10(13)14(17)22)8-12(21)11(16)3-2-6-20-15(18)19;2*1-3-5-4-2;3-2(4,5)1-6/h14-19,23-25,29,39-40H,8-13,20-22,26-28H2,1-7H3,(H2,50,54)(H2,51,55)(H2,52,56)(H2,53,62)(H,57,64)(H,58,63);6-7,9,11H,4-5,8,10H2,1-3H3,(H2,18,19)(H,21,22);4-5,7,11H,2-3,6,8,16H2,1H3,(H2,17,22)(H4,18,19,20);2*5H,3-4H2,1-2H3;1H/t29-,39-,40-;2*11-;;;/m111.../s1. The van der Waals surface area contributed by atoms with Crippen LogP contribution in [-0.2, 0) is 60.9 Å². The molecule has 0 bridgehead atoms. The summed E-state index contributed by atoms with van der Waals surface area (Å²) in [5.74, 6) is -1.52. The molecule has 4 amide bonds. The molecule has 5 rings (SSSR count). The number of primary amides is 2. The number of nitrogens with one attached hydrogen (secondary N) is 4. The topological polar surface area (TPSA) is 598 Å². The van der Waals surface area contributed by atoms with Gasteiger partial charge in [-0.05, 0) is 207 Å². The second-order valence-electron chi connectivity index (χ2n) is 29.6. The number of ether oxygens (including phenoxy) is 5. The number of carboxylic acids is 1. The molecular formula is C91H137F3N18O17. The van der Waals surface area contributed by atoms with Gasteiger partial charge in [-0.2, -0.15) is 13.2 Å². The Bertz CT molecular complexity index is 4420. The number of aliphatic imine (C=N–C) groups is 5. The van der Waals surface area contributed by atoms with E-state index in [0.717, 1.165) is 39.0 Å². The first-order chi connectivity index (χ1) is 60.9. The van der Waals surface area contributed by atoms with Gasteiger partial charge in [-0.3, -0.25) is 72.9 Å². The number of hydrogen-bond donors (Lipinski definition) is 14. The maximum absolute atomic E-state index is 14.2. The molecule has 129 heavy (non-hydrogen) atoms. The number of hydrogen-bond acceptors (Lipinski definition) is 24. The highest BCUT2D eigenvalue weighted by atomic mass is 19.4. The lowest BCUT2D eigenvalue weighted by molar-refractivity contribution is -0.156. The van der Waals surface area contributed by atoms with Crippen LogP contribution in [0.5, 0.6) is 28.7 Å². The van der Waals surface area contributed by atoms with E-state index in [-0.39, 0.29) is 142 Å². The fourth-order valence-corrected chi connectivity index (χ4v) is 12.0. The minimum Gasteiger partial charge on any atom is -0.496 e. The number of carbonyl (C=O) groups is 11. The van der Waals surface area contributed by atoms with Crippen LogP contribution < -0.4 is 96.6 Å². The molecule has 0 saturated carbocycles. The summed E-state index contributed by atoms with van der Waals surface area (Å²) in [4.78, 5) is 158. The molecule has 0 saturated heterocycles. The van der Waals surface area contributed by atoms with E-state index in [9.17, 15) is 61.1 Å². The molecule has 0 aliphatic heterocycles. The smallest absolute Gasteiger partial charge is 0.446 e. The number of rotatable bonds is 51. The first-order valence-corrected chi connectivity index (χ1v) is 42.2. The number of aldehydes is 1. The van der Waals surface area contributed by atoms with E-state index in [4.69, 9.17) is 85.2 Å². The predicted octanol–water partition coefficient (Wildman–Crippen LogP) is 7.42. The number of nitrogens with two attached hydrogens (primary N) is 9. The van der Waals surface area contributed by atoms with E-state index in [1.807, 2.05) is 13.8 Å². The number of ketones is 5. The Morgan fingerprint density at radius 1 is 0.388 bits per heavy atom. The number of methoxy groups -OCH3 is 5. The van der Waals surface area contributed by atoms with E-state index in [1.54, 1.807) is 100 Å². The molecule has 35 nitrogen and oxygen atoms in total. The van der Waals surface area contributed by atoms with E-state index in [2.05, 4.69) is 73.9 Å². The summed E-state index contributed by atoms with van der Waals surface area (Å²) in [6.45, 7) is 25.5. The summed E-state index contributed by atoms with van der Waals surface area (Å²) in [7, 11) is 7.08. The lowest BCUT2D eigenvalue weighted by Gasteiger charge is -2.20. The molecule has 5 aromatic rings. The van der Waals surface area contributed by atoms with Crippen molar-refractivity contribution in [3.63, 3.8) is 0 Å². The molecule has 5 aromatic carbocycles. The van der Waals surface area contributed by atoms with Gasteiger partial charge in [0.1, 0.15) is 45.9 Å². The number of aromatic carboxylic acids is 1. The summed E-state index contributed by atoms with van der Waals surface area (Å²) >= 11 is 0. The quantitative estimate of drug-likeness (QED) is 0.00779. The molecule has 5 atom stereocenters. The number of alkyl halides is 3. The van der Waals surface area contributed by atoms with E-state index in [1.165, 1.54) is 53.7 Å². The lowest BCUT2D eigenvalue weighted by atomic mass is 9.94. The van der Waals surface area contributed by atoms with Gasteiger partial charge in [0.25, 0.3) is 23.6 Å². The summed E-state index contributed by atoms with van der Waals surface area (Å²) in [5.41, 5.74) is 53.2. The SMILES string of the molecule is CCNCC.CCNCC.COc1ccc(CC(=O)[C@@H](CCCN=C(C)N)NC(=O)c2cc(CC(=O)[C@@H](CCCN=C(C)N)NC(=O)c3cc(CC(=O)[C@H](C)CCCN=C(C)N)ccc3OC)ccc2OC)cc1C(N)=O.COc1ccc(CC(=O)[C@H](C)CCCN=C(C)N)cc1C(=O)O.COc1ccc(CC(=O)[C@H](N)CCCN=C(N)N)cc1C(N)=O.O=CC(F)(F)F. The van der Waals surface area contributed by atoms with Gasteiger partial charge >= 0.3 is 12.1 Å². The van der Waals surface area contributed by atoms with Crippen molar-refractivity contribution < 1.29 is 94.7 Å². The number of amidine groups is 4. The monoisotopic (exact) mass is 1810 g/mol. The molecule has 714 valence electrons. The minimum atomic E-state index is -4.64. The molecule has 0 radical (unpaired) electrons. The van der Waals surface area contributed by atoms with Crippen molar-refractivity contribution in [2.75, 3.05) is 94.5 Å². The zero-order chi connectivity index (χ0) is 97.9. The van der Waals surface area contributed by atoms with Crippen LogP contribution in [0.4, 0.5) is 13.2 Å². The molecular weight excluding hydrogens is 1670 g/mol. The number of Topliss-reactive ketones (excluding diaryl/α,β-unsaturated/α-hetero) is 5. The fraction of sp³-hybridized carbons (Fsp3) is 0.495. The molecule has 0 fully saturated rings. The highest BCUT2D eigenvalue weighted by molar-refractivity contribution is 6.03. The van der Waals surface area contributed by atoms with Crippen molar-refractivity contribution in [2.45, 2.75) is 190 Å². The molecule has 0 heterocycles.